The zero-order chi connectivity index (χ0) is 13.5. The Labute approximate surface area is 111 Å². The number of hydrogen-bond acceptors (Lipinski definition) is 4. The summed E-state index contributed by atoms with van der Waals surface area (Å²) >= 11 is 3.98. The fourth-order valence-corrected chi connectivity index (χ4v) is 1.49. The molecule has 98 valence electrons. The van der Waals surface area contributed by atoms with Gasteiger partial charge in [-0.25, -0.2) is 4.79 Å². The minimum atomic E-state index is -1.15. The monoisotopic (exact) mass is 268 g/mol. The molecule has 0 saturated carbocycles. The van der Waals surface area contributed by atoms with Gasteiger partial charge in [-0.3, -0.25) is 4.79 Å². The van der Waals surface area contributed by atoms with Crippen LogP contribution >= 0.6 is 12.6 Å². The van der Waals surface area contributed by atoms with Crippen LogP contribution in [-0.2, 0) is 20.7 Å². The quantitative estimate of drug-likeness (QED) is 0.610. The van der Waals surface area contributed by atoms with E-state index >= 15 is 0 Å². The third-order valence-corrected chi connectivity index (χ3v) is 3.02. The molecule has 0 aliphatic carbocycles. The highest BCUT2D eigenvalue weighted by Gasteiger charge is 2.24. The zero-order valence-electron chi connectivity index (χ0n) is 10.1. The first-order valence-corrected chi connectivity index (χ1v) is 6.26. The van der Waals surface area contributed by atoms with E-state index in [1.807, 2.05) is 18.2 Å². The highest BCUT2D eigenvalue weighted by Crippen LogP contribution is 2.10. The molecule has 18 heavy (non-hydrogen) atoms. The molecule has 4 nitrogen and oxygen atoms in total. The van der Waals surface area contributed by atoms with Gasteiger partial charge in [0.1, 0.15) is 0 Å². The molecule has 0 bridgehead atoms. The van der Waals surface area contributed by atoms with Gasteiger partial charge in [0.15, 0.2) is 0 Å². The highest BCUT2D eigenvalue weighted by atomic mass is 32.1. The second-order valence-corrected chi connectivity index (χ2v) is 4.40. The van der Waals surface area contributed by atoms with E-state index in [4.69, 9.17) is 9.84 Å². The van der Waals surface area contributed by atoms with Crippen molar-refractivity contribution < 1.29 is 19.4 Å². The summed E-state index contributed by atoms with van der Waals surface area (Å²) in [4.78, 5) is 22.6. The van der Waals surface area contributed by atoms with E-state index in [0.717, 1.165) is 5.56 Å². The van der Waals surface area contributed by atoms with Gasteiger partial charge in [0.05, 0.1) is 5.92 Å². The molecular weight excluding hydrogens is 252 g/mol. The number of carbonyl (C=O) groups is 2. The van der Waals surface area contributed by atoms with E-state index in [0.29, 0.717) is 5.75 Å². The Morgan fingerprint density at radius 2 is 1.94 bits per heavy atom. The summed E-state index contributed by atoms with van der Waals surface area (Å²) in [5.74, 6) is -1.76. The molecule has 0 unspecified atom stereocenters. The second-order valence-electron chi connectivity index (χ2n) is 4.04. The van der Waals surface area contributed by atoms with Gasteiger partial charge in [-0.1, -0.05) is 37.3 Å². The number of esters is 1. The molecule has 1 N–H and O–H groups in total. The second kappa shape index (κ2) is 7.06. The summed E-state index contributed by atoms with van der Waals surface area (Å²) < 4.78 is 4.98. The van der Waals surface area contributed by atoms with E-state index in [1.54, 1.807) is 19.1 Å². The SMILES string of the molecule is C[C@H](CS)C(=O)O[C@@H](Cc1ccccc1)C(=O)O. The Balaban J connectivity index is 2.67. The number of carboxylic acid groups (broad SMARTS) is 1. The molecule has 0 fully saturated rings. The minimum absolute atomic E-state index is 0.168. The van der Waals surface area contributed by atoms with Gasteiger partial charge < -0.3 is 9.84 Å². The van der Waals surface area contributed by atoms with Crippen LogP contribution in [0.25, 0.3) is 0 Å². The lowest BCUT2D eigenvalue weighted by Crippen LogP contribution is -2.31. The number of carbonyl (C=O) groups excluding carboxylic acids is 1. The maximum absolute atomic E-state index is 11.5. The first-order chi connectivity index (χ1) is 8.54. The van der Waals surface area contributed by atoms with Gasteiger partial charge in [0, 0.05) is 12.2 Å². The van der Waals surface area contributed by atoms with Crippen LogP contribution < -0.4 is 0 Å². The largest absolute Gasteiger partial charge is 0.478 e. The minimum Gasteiger partial charge on any atom is -0.478 e. The Bertz CT molecular complexity index is 405. The van der Waals surface area contributed by atoms with Crippen LogP contribution in [0.2, 0.25) is 0 Å². The number of rotatable bonds is 6. The topological polar surface area (TPSA) is 63.6 Å². The summed E-state index contributed by atoms with van der Waals surface area (Å²) in [6.07, 6.45) is -0.983. The fourth-order valence-electron chi connectivity index (χ4n) is 1.34. The molecule has 0 aliphatic heterocycles. The molecule has 1 aromatic rings. The predicted octanol–water partition coefficient (Wildman–Crippen LogP) is 1.79. The van der Waals surface area contributed by atoms with Crippen molar-refractivity contribution in [1.82, 2.24) is 0 Å². The third-order valence-electron chi connectivity index (χ3n) is 2.47. The summed E-state index contributed by atoms with van der Waals surface area (Å²) in [7, 11) is 0. The Hall–Kier alpha value is -1.49. The molecule has 0 spiro atoms. The Morgan fingerprint density at radius 1 is 1.33 bits per heavy atom. The molecule has 5 heteroatoms. The van der Waals surface area contributed by atoms with Crippen LogP contribution in [0, 0.1) is 5.92 Å². The number of hydrogen-bond donors (Lipinski definition) is 2. The van der Waals surface area contributed by atoms with Crippen molar-refractivity contribution in [2.24, 2.45) is 5.92 Å². The van der Waals surface area contributed by atoms with Crippen LogP contribution in [0.3, 0.4) is 0 Å². The maximum atomic E-state index is 11.5. The zero-order valence-corrected chi connectivity index (χ0v) is 11.0. The fraction of sp³-hybridized carbons (Fsp3) is 0.385. The Morgan fingerprint density at radius 3 is 2.44 bits per heavy atom. The lowest BCUT2D eigenvalue weighted by atomic mass is 10.1. The smallest absolute Gasteiger partial charge is 0.345 e. The summed E-state index contributed by atoms with van der Waals surface area (Å²) in [5, 5.41) is 9.04. The van der Waals surface area contributed by atoms with E-state index in [-0.39, 0.29) is 6.42 Å². The molecule has 0 heterocycles. The molecule has 2 atom stereocenters. The number of aliphatic carboxylic acids is 1. The van der Waals surface area contributed by atoms with Gasteiger partial charge in [-0.2, -0.15) is 12.6 Å². The maximum Gasteiger partial charge on any atom is 0.345 e. The molecule has 0 aromatic heterocycles. The van der Waals surface area contributed by atoms with E-state index in [1.165, 1.54) is 0 Å². The van der Waals surface area contributed by atoms with Crippen molar-refractivity contribution in [1.29, 1.82) is 0 Å². The van der Waals surface area contributed by atoms with Crippen molar-refractivity contribution in [2.45, 2.75) is 19.4 Å². The molecule has 1 rings (SSSR count). The van der Waals surface area contributed by atoms with Gasteiger partial charge in [-0.05, 0) is 5.56 Å². The third kappa shape index (κ3) is 4.41. The predicted molar refractivity (Wildman–Crippen MR) is 70.7 cm³/mol. The van der Waals surface area contributed by atoms with E-state index in [2.05, 4.69) is 12.6 Å². The highest BCUT2D eigenvalue weighted by molar-refractivity contribution is 7.80. The summed E-state index contributed by atoms with van der Waals surface area (Å²) in [6, 6.07) is 9.06. The van der Waals surface area contributed by atoms with Crippen LogP contribution in [0.4, 0.5) is 0 Å². The lowest BCUT2D eigenvalue weighted by molar-refractivity contribution is -0.166. The van der Waals surface area contributed by atoms with Crippen molar-refractivity contribution >= 4 is 24.6 Å². The molecule has 0 radical (unpaired) electrons. The molecule has 0 amide bonds. The van der Waals surface area contributed by atoms with E-state index < -0.39 is 24.0 Å². The standard InChI is InChI=1S/C13H16O4S/c1-9(8-18)13(16)17-11(12(14)15)7-10-5-3-2-4-6-10/h2-6,9,11,18H,7-8H2,1H3,(H,14,15)/t9-,11+/m1/s1. The van der Waals surface area contributed by atoms with Gasteiger partial charge in [0.2, 0.25) is 6.10 Å². The van der Waals surface area contributed by atoms with Crippen LogP contribution in [-0.4, -0.2) is 28.9 Å². The number of benzene rings is 1. The van der Waals surface area contributed by atoms with Crippen LogP contribution in [0.5, 0.6) is 0 Å². The average molecular weight is 268 g/mol. The van der Waals surface area contributed by atoms with Gasteiger partial charge >= 0.3 is 11.9 Å². The van der Waals surface area contributed by atoms with E-state index in [9.17, 15) is 9.59 Å². The normalized spacial score (nSPS) is 13.7. The molecule has 1 aromatic carbocycles. The first-order valence-electron chi connectivity index (χ1n) is 5.62. The molecule has 0 saturated heterocycles. The van der Waals surface area contributed by atoms with Crippen LogP contribution in [0.15, 0.2) is 30.3 Å². The molecule has 0 aliphatic rings. The number of carboxylic acids is 1. The number of thiol groups is 1. The first kappa shape index (κ1) is 14.6. The summed E-state index contributed by atoms with van der Waals surface area (Å²) in [5.41, 5.74) is 0.816. The van der Waals surface area contributed by atoms with Crippen molar-refractivity contribution in [3.63, 3.8) is 0 Å². The van der Waals surface area contributed by atoms with Crippen molar-refractivity contribution in [3.8, 4) is 0 Å². The van der Waals surface area contributed by atoms with Crippen LogP contribution in [0.1, 0.15) is 12.5 Å². The van der Waals surface area contributed by atoms with Crippen molar-refractivity contribution in [3.05, 3.63) is 35.9 Å². The lowest BCUT2D eigenvalue weighted by Gasteiger charge is -2.16. The van der Waals surface area contributed by atoms with Gasteiger partial charge in [0.25, 0.3) is 0 Å². The van der Waals surface area contributed by atoms with Gasteiger partial charge in [-0.15, -0.1) is 0 Å². The number of ether oxygens (including phenoxy) is 1. The Kier molecular flexibility index (Phi) is 5.71. The molecular formula is C13H16O4S. The van der Waals surface area contributed by atoms with Crippen molar-refractivity contribution in [2.75, 3.05) is 5.75 Å². The summed E-state index contributed by atoms with van der Waals surface area (Å²) in [6.45, 7) is 1.65. The average Bonchev–Trinajstić information content (AvgIpc) is 2.37.